The lowest BCUT2D eigenvalue weighted by molar-refractivity contribution is -0.143. The maximum absolute atomic E-state index is 14.8. The van der Waals surface area contributed by atoms with Crippen molar-refractivity contribution in [2.75, 3.05) is 36.9 Å². The minimum Gasteiger partial charge on any atom is -0.508 e. The fourth-order valence-electron chi connectivity index (χ4n) is 5.15. The predicted molar refractivity (Wildman–Crippen MR) is 208 cm³/mol. The molecule has 0 aliphatic heterocycles. The number of hydrogen-bond acceptors (Lipinski definition) is 12. The first kappa shape index (κ1) is 42.4. The Labute approximate surface area is 318 Å². The average molecular weight is 763 g/mol. The Bertz CT molecular complexity index is 1910. The Morgan fingerprint density at radius 2 is 1.23 bits per heavy atom. The minimum absolute atomic E-state index is 0. The van der Waals surface area contributed by atoms with Crippen LogP contribution >= 0.6 is 23.5 Å². The van der Waals surface area contributed by atoms with Crippen LogP contribution in [0.2, 0.25) is 0 Å². The Kier molecular flexibility index (Phi) is 15.4. The van der Waals surface area contributed by atoms with Crippen LogP contribution in [0.4, 0.5) is 11.4 Å². The van der Waals surface area contributed by atoms with Crippen LogP contribution < -0.4 is 10.6 Å². The number of aromatic hydroxyl groups is 2. The molecule has 5 rings (SSSR count). The number of hydrogen-bond donors (Lipinski definition) is 4. The van der Waals surface area contributed by atoms with E-state index in [0.29, 0.717) is 69.9 Å². The van der Waals surface area contributed by atoms with Gasteiger partial charge in [0.2, 0.25) is 0 Å². The summed E-state index contributed by atoms with van der Waals surface area (Å²) in [6, 6.07) is 20.8. The molecular weight excluding hydrogens is 717 g/mol. The molecule has 0 bridgehead atoms. The summed E-state index contributed by atoms with van der Waals surface area (Å²) >= 11 is 2.70. The second kappa shape index (κ2) is 19.2. The van der Waals surface area contributed by atoms with Crippen LogP contribution in [0.15, 0.2) is 92.4 Å². The van der Waals surface area contributed by atoms with Crippen LogP contribution in [0.25, 0.3) is 0 Å². The Hall–Kier alpha value is -4.98. The molecule has 0 aromatic heterocycles. The second-order valence-electron chi connectivity index (χ2n) is 13.2. The van der Waals surface area contributed by atoms with E-state index in [0.717, 1.165) is 9.79 Å². The number of esters is 1. The molecule has 4 aromatic rings. The zero-order chi connectivity index (χ0) is 38.0. The number of nitrogens with one attached hydrogen (secondary N) is 2. The predicted octanol–water partition coefficient (Wildman–Crippen LogP) is 7.60. The SMILES string of the molecule is CC(=O)OCC(C)(C)CNc1ccc(Sc2ccc(O)cc2)c2c1C(=O)c1c(Sc3ccc(O)cc3)ccc(NCC(C)C)c1C2=O.CCOC=O.O. The summed E-state index contributed by atoms with van der Waals surface area (Å²) in [5, 5.41) is 26.4. The number of anilines is 2. The third-order valence-corrected chi connectivity index (χ3v) is 9.87. The fraction of sp³-hybridized carbons (Fsp3) is 0.300. The van der Waals surface area contributed by atoms with Crippen LogP contribution in [0.1, 0.15) is 73.4 Å². The van der Waals surface area contributed by atoms with Gasteiger partial charge in [0, 0.05) is 67.5 Å². The van der Waals surface area contributed by atoms with Crippen molar-refractivity contribution in [2.24, 2.45) is 11.3 Å². The highest BCUT2D eigenvalue weighted by Crippen LogP contribution is 2.46. The van der Waals surface area contributed by atoms with E-state index < -0.39 is 5.41 Å². The van der Waals surface area contributed by atoms with E-state index in [-0.39, 0.29) is 46.7 Å². The highest BCUT2D eigenvalue weighted by molar-refractivity contribution is 7.99. The molecule has 4 aromatic carbocycles. The van der Waals surface area contributed by atoms with Crippen LogP contribution in [-0.4, -0.2) is 66.0 Å². The first-order valence-corrected chi connectivity index (χ1v) is 18.4. The summed E-state index contributed by atoms with van der Waals surface area (Å²) in [6.07, 6.45) is 0. The summed E-state index contributed by atoms with van der Waals surface area (Å²) in [5.74, 6) is -0.354. The third kappa shape index (κ3) is 11.3. The summed E-state index contributed by atoms with van der Waals surface area (Å²) < 4.78 is 9.43. The van der Waals surface area contributed by atoms with Gasteiger partial charge in [-0.3, -0.25) is 19.2 Å². The summed E-state index contributed by atoms with van der Waals surface area (Å²) in [5.41, 5.74) is 1.87. The highest BCUT2D eigenvalue weighted by Gasteiger charge is 2.38. The molecule has 0 unspecified atom stereocenters. The molecule has 0 heterocycles. The van der Waals surface area contributed by atoms with Crippen molar-refractivity contribution in [1.82, 2.24) is 0 Å². The number of benzene rings is 4. The fourth-order valence-corrected chi connectivity index (χ4v) is 7.07. The Morgan fingerprint density at radius 3 is 1.60 bits per heavy atom. The lowest BCUT2D eigenvalue weighted by atomic mass is 9.82. The summed E-state index contributed by atoms with van der Waals surface area (Å²) in [7, 11) is 0. The largest absolute Gasteiger partial charge is 0.508 e. The van der Waals surface area contributed by atoms with E-state index >= 15 is 0 Å². The molecule has 0 spiro atoms. The molecular formula is C40H46N2O9S2. The van der Waals surface area contributed by atoms with E-state index in [1.54, 1.807) is 55.5 Å². The molecule has 0 saturated carbocycles. The molecule has 6 N–H and O–H groups in total. The lowest BCUT2D eigenvalue weighted by Crippen LogP contribution is -2.31. The summed E-state index contributed by atoms with van der Waals surface area (Å²) in [4.78, 5) is 53.1. The van der Waals surface area contributed by atoms with Crippen LogP contribution in [0.3, 0.4) is 0 Å². The van der Waals surface area contributed by atoms with E-state index in [1.807, 2.05) is 38.1 Å². The Balaban J connectivity index is 0.00000118. The van der Waals surface area contributed by atoms with Crippen LogP contribution in [0, 0.1) is 11.3 Å². The molecule has 1 aliphatic carbocycles. The zero-order valence-electron chi connectivity index (χ0n) is 30.6. The van der Waals surface area contributed by atoms with Gasteiger partial charge in [0.05, 0.1) is 24.3 Å². The third-order valence-electron chi connectivity index (χ3n) is 7.73. The monoisotopic (exact) mass is 762 g/mol. The van der Waals surface area contributed by atoms with Crippen molar-refractivity contribution < 1.29 is 44.3 Å². The first-order valence-electron chi connectivity index (χ1n) is 16.8. The van der Waals surface area contributed by atoms with Gasteiger partial charge in [-0.2, -0.15) is 0 Å². The topological polar surface area (TPSA) is 183 Å². The molecule has 0 atom stereocenters. The molecule has 0 fully saturated rings. The number of phenols is 2. The maximum atomic E-state index is 14.8. The first-order chi connectivity index (χ1) is 24.7. The van der Waals surface area contributed by atoms with Gasteiger partial charge in [0.25, 0.3) is 6.47 Å². The van der Waals surface area contributed by atoms with Crippen molar-refractivity contribution in [3.8, 4) is 11.5 Å². The molecule has 0 amide bonds. The maximum Gasteiger partial charge on any atom is 0.302 e. The molecule has 13 heteroatoms. The van der Waals surface area contributed by atoms with Crippen LogP contribution in [-0.2, 0) is 19.1 Å². The number of carbonyl (C=O) groups excluding carboxylic acids is 4. The number of ketones is 2. The lowest BCUT2D eigenvalue weighted by Gasteiger charge is -2.29. The normalized spacial score (nSPS) is 11.7. The molecule has 282 valence electrons. The van der Waals surface area contributed by atoms with Crippen molar-refractivity contribution in [3.63, 3.8) is 0 Å². The molecule has 0 radical (unpaired) electrons. The molecule has 0 saturated heterocycles. The van der Waals surface area contributed by atoms with Crippen LogP contribution in [0.5, 0.6) is 11.5 Å². The van der Waals surface area contributed by atoms with Gasteiger partial charge >= 0.3 is 5.97 Å². The minimum atomic E-state index is -0.467. The van der Waals surface area contributed by atoms with E-state index in [1.165, 1.54) is 30.4 Å². The second-order valence-corrected chi connectivity index (χ2v) is 15.4. The standard InChI is InChI=1S/C37H38N2O6S2.C3H6O2.H2O/c1-21(2)18-38-27-14-16-29(46-25-10-6-23(41)7-11-25)33-31(27)35(43)34-30(47-26-12-8-24(42)9-13-26)17-15-28(32(34)36(33)44)39-19-37(4,5)20-45-22(3)40;1-2-5-3-4;/h6-17,21,38-39,41-42H,18-20H2,1-5H3;3H,2H2,1H3;1H2. The summed E-state index contributed by atoms with van der Waals surface area (Å²) in [6.45, 7) is 13.2. The highest BCUT2D eigenvalue weighted by atomic mass is 32.2. The Morgan fingerprint density at radius 1 is 0.774 bits per heavy atom. The zero-order valence-corrected chi connectivity index (χ0v) is 32.2. The van der Waals surface area contributed by atoms with Crippen molar-refractivity contribution in [2.45, 2.75) is 61.1 Å². The smallest absolute Gasteiger partial charge is 0.302 e. The van der Waals surface area contributed by atoms with Crippen molar-refractivity contribution in [3.05, 3.63) is 95.1 Å². The average Bonchev–Trinajstić information content (AvgIpc) is 3.10. The van der Waals surface area contributed by atoms with Gasteiger partial charge in [0.15, 0.2) is 11.6 Å². The van der Waals surface area contributed by atoms with Crippen molar-refractivity contribution in [1.29, 1.82) is 0 Å². The van der Waals surface area contributed by atoms with Gasteiger partial charge in [-0.1, -0.05) is 51.2 Å². The number of carbonyl (C=O) groups is 4. The van der Waals surface area contributed by atoms with E-state index in [9.17, 15) is 29.4 Å². The number of rotatable bonds is 14. The molecule has 53 heavy (non-hydrogen) atoms. The van der Waals surface area contributed by atoms with E-state index in [2.05, 4.69) is 29.2 Å². The number of fused-ring (bicyclic) bond motifs is 2. The van der Waals surface area contributed by atoms with Gasteiger partial charge in [0.1, 0.15) is 11.5 Å². The number of phenolic OH excluding ortho intramolecular Hbond substituents is 2. The quantitative estimate of drug-likeness (QED) is 0.0643. The van der Waals surface area contributed by atoms with Gasteiger partial charge in [-0.05, 0) is 85.6 Å². The molecule has 1 aliphatic rings. The van der Waals surface area contributed by atoms with Crippen molar-refractivity contribution >= 4 is 58.9 Å². The number of ether oxygens (including phenoxy) is 2. The van der Waals surface area contributed by atoms with E-state index in [4.69, 9.17) is 4.74 Å². The van der Waals surface area contributed by atoms with Gasteiger partial charge in [-0.25, -0.2) is 0 Å². The molecule has 11 nitrogen and oxygen atoms in total. The van der Waals surface area contributed by atoms with Gasteiger partial charge < -0.3 is 35.8 Å². The van der Waals surface area contributed by atoms with Gasteiger partial charge in [-0.15, -0.1) is 0 Å².